The second kappa shape index (κ2) is 6.83. The zero-order chi connectivity index (χ0) is 13.5. The summed E-state index contributed by atoms with van der Waals surface area (Å²) in [6, 6.07) is 3.23. The third kappa shape index (κ3) is 4.60. The number of hydroxylamine groups is 1. The highest BCUT2D eigenvalue weighted by atomic mass is 19.1. The maximum absolute atomic E-state index is 13.2. The minimum absolute atomic E-state index is 0.146. The summed E-state index contributed by atoms with van der Waals surface area (Å²) in [6.07, 6.45) is 2.01. The van der Waals surface area contributed by atoms with Crippen LogP contribution in [-0.4, -0.2) is 18.6 Å². The van der Waals surface area contributed by atoms with E-state index >= 15 is 0 Å². The number of amides is 1. The van der Waals surface area contributed by atoms with Crippen LogP contribution in [0.25, 0.3) is 6.08 Å². The molecule has 0 radical (unpaired) electrons. The van der Waals surface area contributed by atoms with Gasteiger partial charge >= 0.3 is 0 Å². The van der Waals surface area contributed by atoms with Crippen molar-refractivity contribution >= 4 is 12.0 Å². The van der Waals surface area contributed by atoms with Crippen LogP contribution in [0, 0.1) is 11.6 Å². The van der Waals surface area contributed by atoms with Crippen molar-refractivity contribution in [1.82, 2.24) is 5.48 Å². The Bertz CT molecular complexity index is 427. The van der Waals surface area contributed by atoms with Crippen molar-refractivity contribution in [2.45, 2.75) is 13.0 Å². The minimum Gasteiger partial charge on any atom is -0.326 e. The van der Waals surface area contributed by atoms with Gasteiger partial charge in [0, 0.05) is 17.7 Å². The zero-order valence-electron chi connectivity index (χ0n) is 9.82. The lowest BCUT2D eigenvalue weighted by Crippen LogP contribution is -2.29. The Labute approximate surface area is 103 Å². The van der Waals surface area contributed by atoms with Gasteiger partial charge in [0.1, 0.15) is 11.6 Å². The molecule has 0 heterocycles. The van der Waals surface area contributed by atoms with E-state index < -0.39 is 17.5 Å². The van der Waals surface area contributed by atoms with Crippen LogP contribution in [0.3, 0.4) is 0 Å². The number of carbonyl (C=O) groups excluding carboxylic acids is 1. The van der Waals surface area contributed by atoms with Gasteiger partial charge in [0.2, 0.25) is 0 Å². The van der Waals surface area contributed by atoms with Crippen molar-refractivity contribution < 1.29 is 18.4 Å². The smallest absolute Gasteiger partial charge is 0.267 e. The van der Waals surface area contributed by atoms with Crippen molar-refractivity contribution in [1.29, 1.82) is 0 Å². The summed E-state index contributed by atoms with van der Waals surface area (Å²) in [5.41, 5.74) is 7.18. The fourth-order valence-electron chi connectivity index (χ4n) is 1.11. The summed E-state index contributed by atoms with van der Waals surface area (Å²) in [5, 5.41) is 0. The molecule has 1 rings (SSSR count). The van der Waals surface area contributed by atoms with Crippen molar-refractivity contribution in [2.75, 3.05) is 6.61 Å². The summed E-state index contributed by atoms with van der Waals surface area (Å²) in [5.74, 6) is -2.11. The predicted molar refractivity (Wildman–Crippen MR) is 63.1 cm³/mol. The van der Waals surface area contributed by atoms with Gasteiger partial charge in [-0.05, 0) is 25.1 Å². The number of benzene rings is 1. The SMILES string of the molecule is CC(N)CONC(=O)/C=C/c1c(F)cccc1F. The number of nitrogens with two attached hydrogens (primary N) is 1. The molecule has 0 aliphatic heterocycles. The molecule has 0 aliphatic rings. The molecule has 3 N–H and O–H groups in total. The second-order valence-corrected chi connectivity index (χ2v) is 3.72. The molecule has 0 fully saturated rings. The molecular formula is C12H14F2N2O2. The lowest BCUT2D eigenvalue weighted by molar-refractivity contribution is -0.128. The Morgan fingerprint density at radius 1 is 1.50 bits per heavy atom. The molecule has 1 aromatic rings. The first-order valence-electron chi connectivity index (χ1n) is 5.30. The Kier molecular flexibility index (Phi) is 5.41. The van der Waals surface area contributed by atoms with E-state index in [2.05, 4.69) is 5.48 Å². The summed E-state index contributed by atoms with van der Waals surface area (Å²) in [4.78, 5) is 16.0. The molecule has 0 saturated heterocycles. The maximum atomic E-state index is 13.2. The third-order valence-corrected chi connectivity index (χ3v) is 1.92. The van der Waals surface area contributed by atoms with Crippen LogP contribution in [0.15, 0.2) is 24.3 Å². The number of halogens is 2. The van der Waals surface area contributed by atoms with Crippen LogP contribution < -0.4 is 11.2 Å². The van der Waals surface area contributed by atoms with E-state index in [-0.39, 0.29) is 18.2 Å². The largest absolute Gasteiger partial charge is 0.326 e. The maximum Gasteiger partial charge on any atom is 0.267 e. The standard InChI is InChI=1S/C12H14F2N2O2/c1-8(15)7-18-16-12(17)6-5-9-10(13)3-2-4-11(9)14/h2-6,8H,7,15H2,1H3,(H,16,17)/b6-5+. The van der Waals surface area contributed by atoms with E-state index in [0.717, 1.165) is 24.3 Å². The molecule has 4 nitrogen and oxygen atoms in total. The molecule has 1 amide bonds. The Morgan fingerprint density at radius 2 is 2.11 bits per heavy atom. The van der Waals surface area contributed by atoms with E-state index in [0.29, 0.717) is 0 Å². The van der Waals surface area contributed by atoms with Crippen LogP contribution >= 0.6 is 0 Å². The molecule has 0 spiro atoms. The zero-order valence-corrected chi connectivity index (χ0v) is 9.82. The van der Waals surface area contributed by atoms with Crippen LogP contribution in [0.5, 0.6) is 0 Å². The van der Waals surface area contributed by atoms with E-state index in [1.54, 1.807) is 6.92 Å². The van der Waals surface area contributed by atoms with Gasteiger partial charge in [0.25, 0.3) is 5.91 Å². The van der Waals surface area contributed by atoms with E-state index in [1.165, 1.54) is 6.07 Å². The molecule has 98 valence electrons. The molecule has 6 heteroatoms. The molecule has 1 unspecified atom stereocenters. The van der Waals surface area contributed by atoms with Gasteiger partial charge in [0.05, 0.1) is 6.61 Å². The average Bonchev–Trinajstić information content (AvgIpc) is 2.27. The Hall–Kier alpha value is -1.79. The van der Waals surface area contributed by atoms with Gasteiger partial charge in [-0.15, -0.1) is 0 Å². The normalized spacial score (nSPS) is 12.7. The first-order valence-corrected chi connectivity index (χ1v) is 5.30. The van der Waals surface area contributed by atoms with Crippen molar-refractivity contribution in [3.8, 4) is 0 Å². The van der Waals surface area contributed by atoms with Gasteiger partial charge in [-0.3, -0.25) is 9.63 Å². The van der Waals surface area contributed by atoms with Gasteiger partial charge in [-0.1, -0.05) is 6.07 Å². The molecule has 0 aliphatic carbocycles. The number of carbonyl (C=O) groups is 1. The summed E-state index contributed by atoms with van der Waals surface area (Å²) < 4.78 is 26.4. The molecule has 1 atom stereocenters. The second-order valence-electron chi connectivity index (χ2n) is 3.72. The first kappa shape index (κ1) is 14.3. The van der Waals surface area contributed by atoms with Crippen LogP contribution in [-0.2, 0) is 9.63 Å². The van der Waals surface area contributed by atoms with Crippen molar-refractivity contribution in [3.63, 3.8) is 0 Å². The highest BCUT2D eigenvalue weighted by Crippen LogP contribution is 2.13. The van der Waals surface area contributed by atoms with Gasteiger partial charge in [-0.25, -0.2) is 14.3 Å². The quantitative estimate of drug-likeness (QED) is 0.618. The average molecular weight is 256 g/mol. The number of hydrogen-bond acceptors (Lipinski definition) is 3. The minimum atomic E-state index is -0.740. The predicted octanol–water partition coefficient (Wildman–Crippen LogP) is 1.37. The van der Waals surface area contributed by atoms with Crippen molar-refractivity contribution in [2.24, 2.45) is 5.73 Å². The fraction of sp³-hybridized carbons (Fsp3) is 0.250. The van der Waals surface area contributed by atoms with E-state index in [1.807, 2.05) is 0 Å². The summed E-state index contributed by atoms with van der Waals surface area (Å²) in [7, 11) is 0. The summed E-state index contributed by atoms with van der Waals surface area (Å²) >= 11 is 0. The monoisotopic (exact) mass is 256 g/mol. The fourth-order valence-corrected chi connectivity index (χ4v) is 1.11. The van der Waals surface area contributed by atoms with Gasteiger partial charge in [0.15, 0.2) is 0 Å². The van der Waals surface area contributed by atoms with Crippen molar-refractivity contribution in [3.05, 3.63) is 41.5 Å². The summed E-state index contributed by atoms with van der Waals surface area (Å²) in [6.45, 7) is 1.85. The highest BCUT2D eigenvalue weighted by molar-refractivity contribution is 5.91. The number of nitrogens with one attached hydrogen (secondary N) is 1. The Morgan fingerprint density at radius 3 is 2.67 bits per heavy atom. The Balaban J connectivity index is 2.56. The number of hydrogen-bond donors (Lipinski definition) is 2. The van der Waals surface area contributed by atoms with E-state index in [4.69, 9.17) is 10.6 Å². The topological polar surface area (TPSA) is 64.3 Å². The highest BCUT2D eigenvalue weighted by Gasteiger charge is 2.05. The molecule has 1 aromatic carbocycles. The van der Waals surface area contributed by atoms with Gasteiger partial charge in [-0.2, -0.15) is 0 Å². The molecular weight excluding hydrogens is 242 g/mol. The van der Waals surface area contributed by atoms with Gasteiger partial charge < -0.3 is 5.73 Å². The third-order valence-electron chi connectivity index (χ3n) is 1.92. The first-order chi connectivity index (χ1) is 8.50. The van der Waals surface area contributed by atoms with Crippen LogP contribution in [0.1, 0.15) is 12.5 Å². The molecule has 18 heavy (non-hydrogen) atoms. The van der Waals surface area contributed by atoms with E-state index in [9.17, 15) is 13.6 Å². The van der Waals surface area contributed by atoms with Crippen LogP contribution in [0.4, 0.5) is 8.78 Å². The molecule has 0 saturated carbocycles. The molecule has 0 aromatic heterocycles. The molecule has 0 bridgehead atoms. The lowest BCUT2D eigenvalue weighted by Gasteiger charge is -2.05. The lowest BCUT2D eigenvalue weighted by atomic mass is 10.2. The number of rotatable bonds is 5. The van der Waals surface area contributed by atoms with Crippen LogP contribution in [0.2, 0.25) is 0 Å².